The highest BCUT2D eigenvalue weighted by atomic mass is 32.1. The van der Waals surface area contributed by atoms with E-state index < -0.39 is 0 Å². The number of carbonyl (C=O) groups excluding carboxylic acids is 1. The summed E-state index contributed by atoms with van der Waals surface area (Å²) >= 11 is 1.65. The quantitative estimate of drug-likeness (QED) is 0.261. The summed E-state index contributed by atoms with van der Waals surface area (Å²) in [4.78, 5) is 17.6. The molecule has 0 atom stereocenters. The van der Waals surface area contributed by atoms with E-state index in [-0.39, 0.29) is 5.91 Å². The SMILES string of the molecule is COc1ccc(/C=C(/C(=O)NCCc2ccc(-c3csc(C)n3)cc2)c2ccccc2)cc1. The summed E-state index contributed by atoms with van der Waals surface area (Å²) < 4.78 is 5.23. The van der Waals surface area contributed by atoms with Crippen molar-refractivity contribution in [1.82, 2.24) is 10.3 Å². The molecule has 1 N–H and O–H groups in total. The lowest BCUT2D eigenvalue weighted by atomic mass is 10.0. The molecule has 0 aliphatic rings. The average Bonchev–Trinajstić information content (AvgIpc) is 3.30. The van der Waals surface area contributed by atoms with E-state index in [9.17, 15) is 4.79 Å². The van der Waals surface area contributed by atoms with E-state index in [1.165, 1.54) is 5.56 Å². The second kappa shape index (κ2) is 10.7. The van der Waals surface area contributed by atoms with Crippen LogP contribution in [0.2, 0.25) is 0 Å². The fourth-order valence-electron chi connectivity index (χ4n) is 3.52. The maximum Gasteiger partial charge on any atom is 0.251 e. The molecule has 166 valence electrons. The van der Waals surface area contributed by atoms with Crippen LogP contribution in [0.25, 0.3) is 22.9 Å². The molecule has 0 aliphatic carbocycles. The molecule has 0 saturated carbocycles. The van der Waals surface area contributed by atoms with E-state index >= 15 is 0 Å². The monoisotopic (exact) mass is 454 g/mol. The highest BCUT2D eigenvalue weighted by Crippen LogP contribution is 2.22. The van der Waals surface area contributed by atoms with Crippen molar-refractivity contribution in [2.45, 2.75) is 13.3 Å². The molecule has 0 spiro atoms. The van der Waals surface area contributed by atoms with Crippen molar-refractivity contribution in [3.8, 4) is 17.0 Å². The number of aryl methyl sites for hydroxylation is 1. The molecule has 0 saturated heterocycles. The van der Waals surface area contributed by atoms with Crippen LogP contribution in [0.4, 0.5) is 0 Å². The largest absolute Gasteiger partial charge is 0.497 e. The van der Waals surface area contributed by atoms with Crippen molar-refractivity contribution in [2.24, 2.45) is 0 Å². The Hall–Kier alpha value is -3.70. The topological polar surface area (TPSA) is 51.2 Å². The van der Waals surface area contributed by atoms with Gasteiger partial charge >= 0.3 is 0 Å². The zero-order chi connectivity index (χ0) is 23.0. The fourth-order valence-corrected chi connectivity index (χ4v) is 4.14. The van der Waals surface area contributed by atoms with Crippen LogP contribution in [0.5, 0.6) is 5.75 Å². The van der Waals surface area contributed by atoms with Gasteiger partial charge < -0.3 is 10.1 Å². The van der Waals surface area contributed by atoms with Gasteiger partial charge in [0.25, 0.3) is 5.91 Å². The van der Waals surface area contributed by atoms with Crippen LogP contribution in [0.1, 0.15) is 21.7 Å². The first-order chi connectivity index (χ1) is 16.1. The van der Waals surface area contributed by atoms with Crippen molar-refractivity contribution >= 4 is 28.9 Å². The predicted molar refractivity (Wildman–Crippen MR) is 136 cm³/mol. The van der Waals surface area contributed by atoms with Gasteiger partial charge in [-0.3, -0.25) is 4.79 Å². The van der Waals surface area contributed by atoms with Crippen molar-refractivity contribution < 1.29 is 9.53 Å². The minimum Gasteiger partial charge on any atom is -0.497 e. The van der Waals surface area contributed by atoms with E-state index in [1.807, 2.05) is 67.6 Å². The molecule has 0 aliphatic heterocycles. The molecule has 0 fully saturated rings. The van der Waals surface area contributed by atoms with Gasteiger partial charge in [0.05, 0.1) is 17.8 Å². The fraction of sp³-hybridized carbons (Fsp3) is 0.143. The zero-order valence-corrected chi connectivity index (χ0v) is 19.6. The van der Waals surface area contributed by atoms with Gasteiger partial charge in [0.1, 0.15) is 5.75 Å². The highest BCUT2D eigenvalue weighted by Gasteiger charge is 2.12. The van der Waals surface area contributed by atoms with E-state index in [2.05, 4.69) is 39.9 Å². The number of nitrogens with one attached hydrogen (secondary N) is 1. The van der Waals surface area contributed by atoms with E-state index in [4.69, 9.17) is 4.74 Å². The molecule has 4 rings (SSSR count). The Balaban J connectivity index is 1.43. The number of thiazole rings is 1. The Morgan fingerprint density at radius 2 is 1.73 bits per heavy atom. The van der Waals surface area contributed by atoms with Crippen molar-refractivity contribution in [3.63, 3.8) is 0 Å². The third kappa shape index (κ3) is 5.96. The molecule has 0 unspecified atom stereocenters. The number of nitrogens with zero attached hydrogens (tertiary/aromatic N) is 1. The summed E-state index contributed by atoms with van der Waals surface area (Å²) in [6, 6.07) is 25.8. The second-order valence-electron chi connectivity index (χ2n) is 7.65. The number of aromatic nitrogens is 1. The summed E-state index contributed by atoms with van der Waals surface area (Å²) in [6.45, 7) is 2.57. The minimum absolute atomic E-state index is 0.0911. The molecule has 1 amide bonds. The zero-order valence-electron chi connectivity index (χ0n) is 18.7. The molecule has 4 aromatic rings. The number of amides is 1. The average molecular weight is 455 g/mol. The van der Waals surface area contributed by atoms with Gasteiger partial charge in [-0.1, -0.05) is 66.7 Å². The molecule has 1 aromatic heterocycles. The molecule has 4 nitrogen and oxygen atoms in total. The summed E-state index contributed by atoms with van der Waals surface area (Å²) in [6.07, 6.45) is 2.67. The van der Waals surface area contributed by atoms with Crippen LogP contribution in [0, 0.1) is 6.92 Å². The Morgan fingerprint density at radius 1 is 1.00 bits per heavy atom. The van der Waals surface area contributed by atoms with Crippen LogP contribution in [0.15, 0.2) is 84.2 Å². The van der Waals surface area contributed by atoms with Gasteiger partial charge in [-0.05, 0) is 48.2 Å². The molecule has 3 aromatic carbocycles. The molecular formula is C28H26N2O2S. The first-order valence-electron chi connectivity index (χ1n) is 10.8. The van der Waals surface area contributed by atoms with Crippen molar-refractivity contribution in [2.75, 3.05) is 13.7 Å². The standard InChI is InChI=1S/C28H26N2O2S/c1-20-30-27(19-33-20)24-12-8-21(9-13-24)16-17-29-28(31)26(23-6-4-3-5-7-23)18-22-10-14-25(32-2)15-11-22/h3-15,18-19H,16-17H2,1-2H3,(H,29,31)/b26-18+. The van der Waals surface area contributed by atoms with Gasteiger partial charge in [-0.25, -0.2) is 4.98 Å². The lowest BCUT2D eigenvalue weighted by Crippen LogP contribution is -2.26. The molecule has 1 heterocycles. The van der Waals surface area contributed by atoms with Gasteiger partial charge in [-0.2, -0.15) is 0 Å². The Morgan fingerprint density at radius 3 is 2.36 bits per heavy atom. The summed E-state index contributed by atoms with van der Waals surface area (Å²) in [7, 11) is 1.64. The number of methoxy groups -OCH3 is 1. The van der Waals surface area contributed by atoms with E-state index in [0.717, 1.165) is 39.6 Å². The highest BCUT2D eigenvalue weighted by molar-refractivity contribution is 7.09. The Labute approximate surface area is 198 Å². The Kier molecular flexibility index (Phi) is 7.33. The van der Waals surface area contributed by atoms with Crippen molar-refractivity contribution in [3.05, 3.63) is 106 Å². The molecule has 0 radical (unpaired) electrons. The second-order valence-corrected chi connectivity index (χ2v) is 8.71. The van der Waals surface area contributed by atoms with Crippen LogP contribution in [-0.4, -0.2) is 24.5 Å². The van der Waals surface area contributed by atoms with Crippen LogP contribution < -0.4 is 10.1 Å². The third-order valence-electron chi connectivity index (χ3n) is 5.32. The first kappa shape index (κ1) is 22.5. The summed E-state index contributed by atoms with van der Waals surface area (Å²) in [5, 5.41) is 6.22. The van der Waals surface area contributed by atoms with Gasteiger partial charge in [0, 0.05) is 23.1 Å². The van der Waals surface area contributed by atoms with Gasteiger partial charge in [0.2, 0.25) is 0 Å². The number of hydrogen-bond donors (Lipinski definition) is 1. The number of benzene rings is 3. The molecule has 0 bridgehead atoms. The molecule has 33 heavy (non-hydrogen) atoms. The van der Waals surface area contributed by atoms with Crippen LogP contribution >= 0.6 is 11.3 Å². The number of carbonyl (C=O) groups is 1. The number of ether oxygens (including phenoxy) is 1. The first-order valence-corrected chi connectivity index (χ1v) is 11.7. The third-order valence-corrected chi connectivity index (χ3v) is 6.10. The van der Waals surface area contributed by atoms with Crippen LogP contribution in [-0.2, 0) is 11.2 Å². The maximum absolute atomic E-state index is 13.1. The normalized spacial score (nSPS) is 11.3. The van der Waals surface area contributed by atoms with E-state index in [1.54, 1.807) is 18.4 Å². The van der Waals surface area contributed by atoms with Gasteiger partial charge in [-0.15, -0.1) is 11.3 Å². The number of hydrogen-bond acceptors (Lipinski definition) is 4. The Bertz CT molecular complexity index is 1230. The lowest BCUT2D eigenvalue weighted by Gasteiger charge is -2.10. The van der Waals surface area contributed by atoms with Crippen molar-refractivity contribution in [1.29, 1.82) is 0 Å². The maximum atomic E-state index is 13.1. The van der Waals surface area contributed by atoms with E-state index in [0.29, 0.717) is 12.1 Å². The molecule has 5 heteroatoms. The van der Waals surface area contributed by atoms with Gasteiger partial charge in [0.15, 0.2) is 0 Å². The predicted octanol–water partition coefficient (Wildman–Crippen LogP) is 6.03. The number of rotatable bonds is 8. The summed E-state index contributed by atoms with van der Waals surface area (Å²) in [5.74, 6) is 0.695. The lowest BCUT2D eigenvalue weighted by molar-refractivity contribution is -0.115. The smallest absolute Gasteiger partial charge is 0.251 e. The molecular weight excluding hydrogens is 428 g/mol. The minimum atomic E-state index is -0.0911. The summed E-state index contributed by atoms with van der Waals surface area (Å²) in [5.41, 5.74) is 5.75. The van der Waals surface area contributed by atoms with Crippen LogP contribution in [0.3, 0.4) is 0 Å².